The molecule has 0 aliphatic carbocycles. The van der Waals surface area contributed by atoms with Crippen LogP contribution in [0, 0.1) is 6.92 Å². The molecular formula is C22H25N3O2. The topological polar surface area (TPSA) is 43.9 Å². The van der Waals surface area contributed by atoms with Gasteiger partial charge in [0.1, 0.15) is 0 Å². The van der Waals surface area contributed by atoms with Crippen molar-refractivity contribution < 1.29 is 9.59 Å². The van der Waals surface area contributed by atoms with Crippen LogP contribution in [0.3, 0.4) is 0 Å². The predicted octanol–water partition coefficient (Wildman–Crippen LogP) is 2.56. The molecule has 5 nitrogen and oxygen atoms in total. The smallest absolute Gasteiger partial charge is 0.253 e. The third-order valence-electron chi connectivity index (χ3n) is 5.92. The van der Waals surface area contributed by atoms with Gasteiger partial charge in [0.25, 0.3) is 5.91 Å². The summed E-state index contributed by atoms with van der Waals surface area (Å²) in [5, 5.41) is 0. The highest BCUT2D eigenvalue weighted by atomic mass is 16.2. The Balaban J connectivity index is 1.55. The quantitative estimate of drug-likeness (QED) is 0.824. The Morgan fingerprint density at radius 2 is 1.70 bits per heavy atom. The maximum atomic E-state index is 12.9. The second-order valence-electron chi connectivity index (χ2n) is 7.74. The molecule has 0 radical (unpaired) electrons. The molecule has 0 saturated carbocycles. The lowest BCUT2D eigenvalue weighted by atomic mass is 9.92. The highest BCUT2D eigenvalue weighted by Gasteiger charge is 2.48. The van der Waals surface area contributed by atoms with Gasteiger partial charge in [-0.3, -0.25) is 14.5 Å². The number of anilines is 1. The largest absolute Gasteiger partial charge is 0.337 e. The maximum Gasteiger partial charge on any atom is 0.253 e. The summed E-state index contributed by atoms with van der Waals surface area (Å²) < 4.78 is 0. The number of likely N-dealkylation sites (tertiary alicyclic amines) is 1. The van der Waals surface area contributed by atoms with Crippen LogP contribution in [0.1, 0.15) is 22.3 Å². The zero-order valence-corrected chi connectivity index (χ0v) is 15.9. The first-order valence-corrected chi connectivity index (χ1v) is 9.41. The summed E-state index contributed by atoms with van der Waals surface area (Å²) in [5.74, 6) is 0.182. The SMILES string of the molecule is Cc1ccc(C(=O)N2CCC3(C2)CN(c2ccccc2)C(=O)CN3C)cc1. The van der Waals surface area contributed by atoms with Crippen molar-refractivity contribution in [3.05, 3.63) is 65.7 Å². The van der Waals surface area contributed by atoms with Crippen molar-refractivity contribution in [1.82, 2.24) is 9.80 Å². The molecule has 2 heterocycles. The van der Waals surface area contributed by atoms with Crippen molar-refractivity contribution in [3.63, 3.8) is 0 Å². The molecule has 2 aromatic rings. The van der Waals surface area contributed by atoms with Gasteiger partial charge in [-0.1, -0.05) is 35.9 Å². The number of rotatable bonds is 2. The van der Waals surface area contributed by atoms with Gasteiger partial charge < -0.3 is 9.80 Å². The summed E-state index contributed by atoms with van der Waals surface area (Å²) in [5.41, 5.74) is 2.61. The fourth-order valence-electron chi connectivity index (χ4n) is 4.15. The van der Waals surface area contributed by atoms with E-state index < -0.39 is 0 Å². The molecule has 27 heavy (non-hydrogen) atoms. The van der Waals surface area contributed by atoms with Gasteiger partial charge in [-0.2, -0.15) is 0 Å². The highest BCUT2D eigenvalue weighted by Crippen LogP contribution is 2.34. The summed E-state index contributed by atoms with van der Waals surface area (Å²) in [6, 6.07) is 17.5. The number of hydrogen-bond donors (Lipinski definition) is 0. The van der Waals surface area contributed by atoms with Gasteiger partial charge in [0.15, 0.2) is 0 Å². The van der Waals surface area contributed by atoms with Gasteiger partial charge >= 0.3 is 0 Å². The normalized spacial score (nSPS) is 23.3. The minimum absolute atomic E-state index is 0.0726. The molecule has 2 aliphatic rings. The lowest BCUT2D eigenvalue weighted by Crippen LogP contribution is -2.64. The Kier molecular flexibility index (Phi) is 4.48. The Labute approximate surface area is 160 Å². The molecule has 0 aromatic heterocycles. The first kappa shape index (κ1) is 17.7. The number of piperazine rings is 1. The maximum absolute atomic E-state index is 12.9. The molecule has 4 rings (SSSR count). The molecule has 1 unspecified atom stereocenters. The number of benzene rings is 2. The zero-order chi connectivity index (χ0) is 19.0. The van der Waals surface area contributed by atoms with E-state index in [9.17, 15) is 9.59 Å². The molecule has 1 atom stereocenters. The zero-order valence-electron chi connectivity index (χ0n) is 15.9. The van der Waals surface area contributed by atoms with E-state index in [1.165, 1.54) is 0 Å². The lowest BCUT2D eigenvalue weighted by molar-refractivity contribution is -0.123. The third kappa shape index (κ3) is 3.23. The van der Waals surface area contributed by atoms with Crippen molar-refractivity contribution in [2.45, 2.75) is 18.9 Å². The van der Waals surface area contributed by atoms with Crippen LogP contribution in [0.5, 0.6) is 0 Å². The van der Waals surface area contributed by atoms with Crippen molar-refractivity contribution in [1.29, 1.82) is 0 Å². The van der Waals surface area contributed by atoms with Gasteiger partial charge in [-0.05, 0) is 44.7 Å². The van der Waals surface area contributed by atoms with E-state index in [1.54, 1.807) is 0 Å². The molecule has 2 saturated heterocycles. The monoisotopic (exact) mass is 363 g/mol. The Bertz CT molecular complexity index is 850. The number of carbonyl (C=O) groups excluding carboxylic acids is 2. The number of likely N-dealkylation sites (N-methyl/N-ethyl adjacent to an activating group) is 1. The molecular weight excluding hydrogens is 338 g/mol. The first-order chi connectivity index (χ1) is 13.0. The van der Waals surface area contributed by atoms with Crippen LogP contribution in [-0.4, -0.2) is 60.4 Å². The molecule has 2 fully saturated rings. The van der Waals surface area contributed by atoms with Crippen molar-refractivity contribution in [3.8, 4) is 0 Å². The summed E-state index contributed by atoms with van der Waals surface area (Å²) in [6.45, 7) is 4.37. The van der Waals surface area contributed by atoms with E-state index in [4.69, 9.17) is 0 Å². The van der Waals surface area contributed by atoms with Crippen LogP contribution in [0.15, 0.2) is 54.6 Å². The number of nitrogens with zero attached hydrogens (tertiary/aromatic N) is 3. The second kappa shape index (κ2) is 6.82. The van der Waals surface area contributed by atoms with Gasteiger partial charge in [0.2, 0.25) is 5.91 Å². The van der Waals surface area contributed by atoms with Crippen molar-refractivity contribution in [2.24, 2.45) is 0 Å². The molecule has 1 spiro atoms. The lowest BCUT2D eigenvalue weighted by Gasteiger charge is -2.46. The standard InChI is InChI=1S/C22H25N3O2/c1-17-8-10-18(11-9-17)21(27)24-13-12-22(15-24)16-25(20(26)14-23(22)2)19-6-4-3-5-7-19/h3-11H,12-16H2,1-2H3. The van der Waals surface area contributed by atoms with Gasteiger partial charge in [-0.15, -0.1) is 0 Å². The van der Waals surface area contributed by atoms with Crippen LogP contribution in [0.2, 0.25) is 0 Å². The Hall–Kier alpha value is -2.66. The molecule has 140 valence electrons. The molecule has 0 bridgehead atoms. The van der Waals surface area contributed by atoms with Crippen LogP contribution < -0.4 is 4.90 Å². The molecule has 2 aromatic carbocycles. The summed E-state index contributed by atoms with van der Waals surface area (Å²) in [4.78, 5) is 31.5. The second-order valence-corrected chi connectivity index (χ2v) is 7.74. The van der Waals surface area contributed by atoms with E-state index in [2.05, 4.69) is 4.90 Å². The fourth-order valence-corrected chi connectivity index (χ4v) is 4.15. The average Bonchev–Trinajstić information content (AvgIpc) is 3.11. The number of carbonyl (C=O) groups is 2. The van der Waals surface area contributed by atoms with E-state index in [1.807, 2.05) is 78.4 Å². The Morgan fingerprint density at radius 3 is 2.41 bits per heavy atom. The van der Waals surface area contributed by atoms with E-state index in [0.717, 1.165) is 23.2 Å². The van der Waals surface area contributed by atoms with Gasteiger partial charge in [0, 0.05) is 30.9 Å². The van der Waals surface area contributed by atoms with E-state index in [0.29, 0.717) is 26.2 Å². The summed E-state index contributed by atoms with van der Waals surface area (Å²) in [7, 11) is 2.00. The fraction of sp³-hybridized carbons (Fsp3) is 0.364. The van der Waals surface area contributed by atoms with E-state index >= 15 is 0 Å². The molecule has 2 aliphatic heterocycles. The molecule has 2 amide bonds. The van der Waals surface area contributed by atoms with E-state index in [-0.39, 0.29) is 17.4 Å². The minimum atomic E-state index is -0.190. The third-order valence-corrected chi connectivity index (χ3v) is 5.92. The van der Waals surface area contributed by atoms with Crippen molar-refractivity contribution in [2.75, 3.05) is 38.1 Å². The molecule has 0 N–H and O–H groups in total. The Morgan fingerprint density at radius 1 is 1.00 bits per heavy atom. The van der Waals surface area contributed by atoms with Gasteiger partial charge in [0.05, 0.1) is 12.1 Å². The average molecular weight is 363 g/mol. The van der Waals surface area contributed by atoms with Crippen LogP contribution in [0.25, 0.3) is 0 Å². The minimum Gasteiger partial charge on any atom is -0.337 e. The van der Waals surface area contributed by atoms with Crippen LogP contribution >= 0.6 is 0 Å². The van der Waals surface area contributed by atoms with Crippen LogP contribution in [-0.2, 0) is 4.79 Å². The number of hydrogen-bond acceptors (Lipinski definition) is 3. The summed E-state index contributed by atoms with van der Waals surface area (Å²) in [6.07, 6.45) is 0.873. The van der Waals surface area contributed by atoms with Crippen LogP contribution in [0.4, 0.5) is 5.69 Å². The highest BCUT2D eigenvalue weighted by molar-refractivity contribution is 5.97. The number of para-hydroxylation sites is 1. The summed E-state index contributed by atoms with van der Waals surface area (Å²) >= 11 is 0. The number of amides is 2. The first-order valence-electron chi connectivity index (χ1n) is 9.41. The predicted molar refractivity (Wildman–Crippen MR) is 106 cm³/mol. The molecule has 5 heteroatoms. The van der Waals surface area contributed by atoms with Crippen molar-refractivity contribution >= 4 is 17.5 Å². The van der Waals surface area contributed by atoms with Gasteiger partial charge in [-0.25, -0.2) is 0 Å². The number of aryl methyl sites for hydroxylation is 1.